The predicted molar refractivity (Wildman–Crippen MR) is 82.5 cm³/mol. The molecule has 2 fully saturated rings. The lowest BCUT2D eigenvalue weighted by atomic mass is 9.98. The van der Waals surface area contributed by atoms with Crippen molar-refractivity contribution in [1.82, 2.24) is 9.97 Å². The minimum absolute atomic E-state index is 0.311. The van der Waals surface area contributed by atoms with E-state index in [-0.39, 0.29) is 0 Å². The smallest absolute Gasteiger partial charge is 0.233 e. The molecule has 1 aromatic heterocycles. The summed E-state index contributed by atoms with van der Waals surface area (Å²) in [6.45, 7) is 0. The summed E-state index contributed by atoms with van der Waals surface area (Å²) in [5, 5.41) is 0. The van der Waals surface area contributed by atoms with Crippen molar-refractivity contribution in [2.75, 3.05) is 14.2 Å². The number of hydrogen-bond donors (Lipinski definition) is 0. The average molecular weight is 300 g/mol. The molecule has 5 heteroatoms. The van der Waals surface area contributed by atoms with E-state index < -0.39 is 0 Å². The molecule has 2 unspecified atom stereocenters. The molecule has 0 radical (unpaired) electrons. The zero-order chi connectivity index (χ0) is 15.1. The molecule has 0 amide bonds. The third-order valence-corrected chi connectivity index (χ3v) is 4.97. The molecule has 2 aromatic rings. The van der Waals surface area contributed by atoms with Gasteiger partial charge in [-0.15, -0.1) is 0 Å². The second kappa shape index (κ2) is 5.30. The number of aromatic nitrogens is 2. The fourth-order valence-corrected chi connectivity index (χ4v) is 3.87. The zero-order valence-corrected chi connectivity index (χ0v) is 12.9. The molecule has 2 aliphatic carbocycles. The van der Waals surface area contributed by atoms with Gasteiger partial charge in [-0.1, -0.05) is 0 Å². The Kier molecular flexibility index (Phi) is 3.28. The Hall–Kier alpha value is -2.04. The number of benzene rings is 1. The summed E-state index contributed by atoms with van der Waals surface area (Å²) < 4.78 is 16.7. The molecule has 2 saturated carbocycles. The van der Waals surface area contributed by atoms with Crippen LogP contribution in [0.1, 0.15) is 25.7 Å². The van der Waals surface area contributed by atoms with Gasteiger partial charge in [-0.05, 0) is 37.5 Å². The lowest BCUT2D eigenvalue weighted by Crippen LogP contribution is -2.23. The summed E-state index contributed by atoms with van der Waals surface area (Å²) in [7, 11) is 3.23. The van der Waals surface area contributed by atoms with Gasteiger partial charge in [0.05, 0.1) is 31.4 Å². The molecular weight excluding hydrogens is 280 g/mol. The number of ether oxygens (including phenoxy) is 3. The Morgan fingerprint density at radius 1 is 1.00 bits per heavy atom. The monoisotopic (exact) mass is 300 g/mol. The molecule has 3 atom stereocenters. The second-order valence-electron chi connectivity index (χ2n) is 6.24. The van der Waals surface area contributed by atoms with E-state index in [4.69, 9.17) is 14.2 Å². The van der Waals surface area contributed by atoms with E-state index in [0.29, 0.717) is 29.4 Å². The molecule has 2 aliphatic rings. The first kappa shape index (κ1) is 13.6. The minimum Gasteiger partial charge on any atom is -0.493 e. The molecule has 5 nitrogen and oxygen atoms in total. The Bertz CT molecular complexity index is 704. The summed E-state index contributed by atoms with van der Waals surface area (Å²) in [4.78, 5) is 9.03. The van der Waals surface area contributed by atoms with Gasteiger partial charge in [0.15, 0.2) is 11.5 Å². The van der Waals surface area contributed by atoms with Crippen molar-refractivity contribution in [1.29, 1.82) is 0 Å². The summed E-state index contributed by atoms with van der Waals surface area (Å²) in [6, 6.07) is 3.68. The van der Waals surface area contributed by atoms with Crippen LogP contribution in [0.4, 0.5) is 0 Å². The van der Waals surface area contributed by atoms with E-state index in [9.17, 15) is 0 Å². The van der Waals surface area contributed by atoms with Gasteiger partial charge in [-0.25, -0.2) is 9.97 Å². The maximum absolute atomic E-state index is 6.10. The molecule has 0 saturated heterocycles. The van der Waals surface area contributed by atoms with Gasteiger partial charge in [-0.2, -0.15) is 0 Å². The lowest BCUT2D eigenvalue weighted by Gasteiger charge is -2.22. The number of hydrogen-bond acceptors (Lipinski definition) is 5. The summed E-state index contributed by atoms with van der Waals surface area (Å²) in [6.07, 6.45) is 7.16. The standard InChI is InChI=1S/C17H20N2O3/c1-20-15-7-12-13(8-16(15)21-2)19-17(9-18-12)22-14-6-10-3-4-11(14)5-10/h7-11,14H,3-6H2,1-2H3/t10?,11?,14-/m1/s1. The van der Waals surface area contributed by atoms with Crippen molar-refractivity contribution in [3.8, 4) is 17.4 Å². The first-order chi connectivity index (χ1) is 10.8. The van der Waals surface area contributed by atoms with Gasteiger partial charge >= 0.3 is 0 Å². The van der Waals surface area contributed by atoms with Gasteiger partial charge in [0, 0.05) is 12.1 Å². The topological polar surface area (TPSA) is 53.5 Å². The molecule has 22 heavy (non-hydrogen) atoms. The number of nitrogens with zero attached hydrogens (tertiary/aromatic N) is 2. The normalized spacial score (nSPS) is 26.4. The number of methoxy groups -OCH3 is 2. The van der Waals surface area contributed by atoms with Crippen LogP contribution in [0.3, 0.4) is 0 Å². The van der Waals surface area contributed by atoms with Crippen molar-refractivity contribution in [3.63, 3.8) is 0 Å². The number of rotatable bonds is 4. The molecule has 0 spiro atoms. The van der Waals surface area contributed by atoms with E-state index in [0.717, 1.165) is 23.4 Å². The molecule has 1 aromatic carbocycles. The first-order valence-electron chi connectivity index (χ1n) is 7.82. The van der Waals surface area contributed by atoms with Crippen LogP contribution in [0.25, 0.3) is 11.0 Å². The van der Waals surface area contributed by atoms with Gasteiger partial charge in [0.1, 0.15) is 6.10 Å². The average Bonchev–Trinajstić information content (AvgIpc) is 3.16. The van der Waals surface area contributed by atoms with Gasteiger partial charge in [-0.3, -0.25) is 0 Å². The highest BCUT2D eigenvalue weighted by atomic mass is 16.5. The minimum atomic E-state index is 0.311. The van der Waals surface area contributed by atoms with E-state index in [1.54, 1.807) is 20.4 Å². The van der Waals surface area contributed by atoms with E-state index >= 15 is 0 Å². The Morgan fingerprint density at radius 3 is 2.41 bits per heavy atom. The van der Waals surface area contributed by atoms with Gasteiger partial charge < -0.3 is 14.2 Å². The van der Waals surface area contributed by atoms with Crippen molar-refractivity contribution in [3.05, 3.63) is 18.3 Å². The summed E-state index contributed by atoms with van der Waals surface area (Å²) in [5.41, 5.74) is 1.54. The van der Waals surface area contributed by atoms with Crippen LogP contribution in [0.15, 0.2) is 18.3 Å². The van der Waals surface area contributed by atoms with Gasteiger partial charge in [0.2, 0.25) is 5.88 Å². The van der Waals surface area contributed by atoms with Crippen LogP contribution in [-0.2, 0) is 0 Å². The summed E-state index contributed by atoms with van der Waals surface area (Å²) >= 11 is 0. The zero-order valence-electron chi connectivity index (χ0n) is 12.9. The third kappa shape index (κ3) is 2.25. The highest BCUT2D eigenvalue weighted by Gasteiger charge is 2.41. The Morgan fingerprint density at radius 2 is 1.77 bits per heavy atom. The van der Waals surface area contributed by atoms with E-state index in [2.05, 4.69) is 9.97 Å². The third-order valence-electron chi connectivity index (χ3n) is 4.97. The van der Waals surface area contributed by atoms with Crippen LogP contribution in [0.2, 0.25) is 0 Å². The Balaban J connectivity index is 1.62. The molecule has 4 rings (SSSR count). The van der Waals surface area contributed by atoms with Crippen LogP contribution in [0, 0.1) is 11.8 Å². The fourth-order valence-electron chi connectivity index (χ4n) is 3.87. The maximum atomic E-state index is 6.10. The quantitative estimate of drug-likeness (QED) is 0.868. The van der Waals surface area contributed by atoms with Crippen molar-refractivity contribution < 1.29 is 14.2 Å². The predicted octanol–water partition coefficient (Wildman–Crippen LogP) is 3.21. The van der Waals surface area contributed by atoms with Crippen LogP contribution >= 0.6 is 0 Å². The van der Waals surface area contributed by atoms with E-state index in [1.165, 1.54) is 19.3 Å². The Labute approximate surface area is 129 Å². The van der Waals surface area contributed by atoms with Crippen LogP contribution < -0.4 is 14.2 Å². The van der Waals surface area contributed by atoms with Crippen molar-refractivity contribution >= 4 is 11.0 Å². The highest BCUT2D eigenvalue weighted by molar-refractivity contribution is 5.79. The SMILES string of the molecule is COc1cc2ncc(O[C@@H]3CC4CCC3C4)nc2cc1OC. The molecule has 1 heterocycles. The fraction of sp³-hybridized carbons (Fsp3) is 0.529. The van der Waals surface area contributed by atoms with Gasteiger partial charge in [0.25, 0.3) is 0 Å². The largest absolute Gasteiger partial charge is 0.493 e. The molecule has 0 N–H and O–H groups in total. The van der Waals surface area contributed by atoms with Crippen molar-refractivity contribution in [2.24, 2.45) is 11.8 Å². The van der Waals surface area contributed by atoms with E-state index in [1.807, 2.05) is 12.1 Å². The molecule has 0 aliphatic heterocycles. The van der Waals surface area contributed by atoms with Crippen molar-refractivity contribution in [2.45, 2.75) is 31.8 Å². The molecular formula is C17H20N2O3. The maximum Gasteiger partial charge on any atom is 0.233 e. The number of fused-ring (bicyclic) bond motifs is 3. The molecule has 2 bridgehead atoms. The lowest BCUT2D eigenvalue weighted by molar-refractivity contribution is 0.132. The van der Waals surface area contributed by atoms with Crippen LogP contribution in [0.5, 0.6) is 17.4 Å². The first-order valence-corrected chi connectivity index (χ1v) is 7.82. The second-order valence-corrected chi connectivity index (χ2v) is 6.24. The summed E-state index contributed by atoms with van der Waals surface area (Å²) in [5.74, 6) is 3.48. The molecule has 116 valence electrons. The highest BCUT2D eigenvalue weighted by Crippen LogP contribution is 2.45. The van der Waals surface area contributed by atoms with Crippen LogP contribution in [-0.4, -0.2) is 30.3 Å².